The van der Waals surface area contributed by atoms with Gasteiger partial charge in [-0.05, 0) is 19.4 Å². The van der Waals surface area contributed by atoms with Crippen LogP contribution in [0.5, 0.6) is 0 Å². The first-order chi connectivity index (χ1) is 11.4. The van der Waals surface area contributed by atoms with Gasteiger partial charge < -0.3 is 0 Å². The lowest BCUT2D eigenvalue weighted by molar-refractivity contribution is -0.703. The number of hydrogen-bond donors (Lipinski definition) is 1. The Kier molecular flexibility index (Phi) is 10.1. The molecule has 1 aromatic heterocycles. The maximum atomic E-state index is 11.1. The van der Waals surface area contributed by atoms with Crippen molar-refractivity contribution in [3.8, 4) is 0 Å². The fourth-order valence-corrected chi connectivity index (χ4v) is 3.35. The van der Waals surface area contributed by atoms with Crippen LogP contribution in [0.3, 0.4) is 0 Å². The number of aromatic nitrogens is 1. The van der Waals surface area contributed by atoms with Crippen molar-refractivity contribution in [3.05, 3.63) is 30.1 Å². The van der Waals surface area contributed by atoms with Gasteiger partial charge in [0.2, 0.25) is 0 Å². The molecule has 5 nitrogen and oxygen atoms in total. The van der Waals surface area contributed by atoms with Crippen molar-refractivity contribution in [2.45, 2.75) is 84.3 Å². The van der Waals surface area contributed by atoms with Crippen LogP contribution in [-0.2, 0) is 21.1 Å². The highest BCUT2D eigenvalue weighted by Gasteiger charge is 2.21. The zero-order valence-corrected chi connectivity index (χ0v) is 15.8. The highest BCUT2D eigenvalue weighted by atomic mass is 32.3. The monoisotopic (exact) mass is 358 g/mol. The summed E-state index contributed by atoms with van der Waals surface area (Å²) >= 11 is 0. The van der Waals surface area contributed by atoms with Crippen LogP contribution in [-0.4, -0.2) is 19.1 Å². The van der Waals surface area contributed by atoms with E-state index in [0.717, 1.165) is 18.4 Å². The molecule has 1 unspecified atom stereocenters. The van der Waals surface area contributed by atoms with Gasteiger partial charge in [0.15, 0.2) is 18.9 Å². The second-order valence-corrected chi connectivity index (χ2v) is 7.54. The van der Waals surface area contributed by atoms with E-state index in [9.17, 15) is 8.42 Å². The van der Waals surface area contributed by atoms with Crippen LogP contribution in [0.1, 0.15) is 70.3 Å². The Hall–Kier alpha value is -0.980. The molecule has 0 aromatic carbocycles. The Morgan fingerprint density at radius 1 is 1.12 bits per heavy atom. The molecule has 138 valence electrons. The largest absolute Gasteiger partial charge is 0.397 e. The average Bonchev–Trinajstić information content (AvgIpc) is 2.48. The minimum atomic E-state index is -4.42. The van der Waals surface area contributed by atoms with Crippen molar-refractivity contribution < 1.29 is 21.7 Å². The summed E-state index contributed by atoms with van der Waals surface area (Å²) in [6.45, 7) is 4.60. The number of rotatable bonds is 13. The summed E-state index contributed by atoms with van der Waals surface area (Å²) in [6, 6.07) is 3.89. The molecule has 0 bridgehead atoms. The van der Waals surface area contributed by atoms with E-state index in [1.165, 1.54) is 38.5 Å². The van der Waals surface area contributed by atoms with Gasteiger partial charge >= 0.3 is 10.4 Å². The molecule has 0 spiro atoms. The molecule has 0 aliphatic carbocycles. The summed E-state index contributed by atoms with van der Waals surface area (Å²) in [7, 11) is -4.42. The van der Waals surface area contributed by atoms with E-state index < -0.39 is 16.5 Å². The normalized spacial score (nSPS) is 13.1. The van der Waals surface area contributed by atoms with Gasteiger partial charge in [-0.2, -0.15) is 8.42 Å². The molecule has 1 rings (SSSR count). The molecule has 0 aliphatic rings. The molecule has 0 radical (unpaired) electrons. The number of aryl methyl sites for hydroxylation is 1. The van der Waals surface area contributed by atoms with Gasteiger partial charge in [-0.25, -0.2) is 8.75 Å². The van der Waals surface area contributed by atoms with E-state index in [1.54, 1.807) is 0 Å². The highest BCUT2D eigenvalue weighted by Crippen LogP contribution is 2.13. The van der Waals surface area contributed by atoms with Crippen molar-refractivity contribution >= 4 is 10.4 Å². The molecular weight excluding hydrogens is 326 g/mol. The number of pyridine rings is 1. The molecule has 6 heteroatoms. The van der Waals surface area contributed by atoms with Crippen molar-refractivity contribution in [2.24, 2.45) is 0 Å². The third-order valence-corrected chi connectivity index (χ3v) is 4.57. The molecule has 0 amide bonds. The summed E-state index contributed by atoms with van der Waals surface area (Å²) in [4.78, 5) is 0. The second-order valence-electron chi connectivity index (χ2n) is 6.49. The van der Waals surface area contributed by atoms with E-state index in [4.69, 9.17) is 8.74 Å². The first-order valence-electron chi connectivity index (χ1n) is 9.02. The maximum absolute atomic E-state index is 11.1. The van der Waals surface area contributed by atoms with E-state index >= 15 is 0 Å². The van der Waals surface area contributed by atoms with Crippen molar-refractivity contribution in [1.82, 2.24) is 0 Å². The lowest BCUT2D eigenvalue weighted by Crippen LogP contribution is -2.41. The summed E-state index contributed by atoms with van der Waals surface area (Å²) < 4.78 is 37.8. The molecule has 1 atom stereocenters. The summed E-state index contributed by atoms with van der Waals surface area (Å²) in [5.74, 6) is 0. The van der Waals surface area contributed by atoms with Crippen LogP contribution in [0.25, 0.3) is 0 Å². The predicted molar refractivity (Wildman–Crippen MR) is 95.0 cm³/mol. The third kappa shape index (κ3) is 10.7. The molecule has 1 N–H and O–H groups in total. The quantitative estimate of drug-likeness (QED) is 0.329. The van der Waals surface area contributed by atoms with E-state index in [0.29, 0.717) is 13.0 Å². The van der Waals surface area contributed by atoms with Crippen LogP contribution in [0.15, 0.2) is 24.5 Å². The lowest BCUT2D eigenvalue weighted by atomic mass is 10.1. The molecule has 0 saturated heterocycles. The maximum Gasteiger partial charge on any atom is 0.397 e. The molecule has 1 heterocycles. The fourth-order valence-electron chi connectivity index (χ4n) is 2.85. The van der Waals surface area contributed by atoms with Crippen LogP contribution < -0.4 is 4.57 Å². The molecular formula is C18H32NO4S+. The van der Waals surface area contributed by atoms with Gasteiger partial charge in [-0.3, -0.25) is 4.55 Å². The molecule has 0 aliphatic heterocycles. The first-order valence-corrected chi connectivity index (χ1v) is 10.4. The minimum Gasteiger partial charge on any atom is -0.264 e. The zero-order chi connectivity index (χ0) is 17.8. The van der Waals surface area contributed by atoms with Crippen molar-refractivity contribution in [1.29, 1.82) is 0 Å². The van der Waals surface area contributed by atoms with Crippen molar-refractivity contribution in [3.63, 3.8) is 0 Å². The average molecular weight is 359 g/mol. The number of hydrogen-bond acceptors (Lipinski definition) is 3. The van der Waals surface area contributed by atoms with Gasteiger partial charge in [-0.1, -0.05) is 58.3 Å². The molecule has 1 aromatic rings. The van der Waals surface area contributed by atoms with Gasteiger partial charge in [0.1, 0.15) is 6.10 Å². The first kappa shape index (κ1) is 21.1. The Balaban J connectivity index is 2.37. The number of unbranched alkanes of at least 4 members (excludes halogenated alkanes) is 7. The van der Waals surface area contributed by atoms with E-state index in [-0.39, 0.29) is 0 Å². The zero-order valence-electron chi connectivity index (χ0n) is 15.0. The van der Waals surface area contributed by atoms with Gasteiger partial charge in [0, 0.05) is 11.6 Å². The lowest BCUT2D eigenvalue weighted by Gasteiger charge is -2.12. The summed E-state index contributed by atoms with van der Waals surface area (Å²) in [5.41, 5.74) is 1.09. The van der Waals surface area contributed by atoms with Crippen LogP contribution in [0.2, 0.25) is 0 Å². The van der Waals surface area contributed by atoms with E-state index in [1.807, 2.05) is 36.0 Å². The predicted octanol–water partition coefficient (Wildman–Crippen LogP) is 4.00. The van der Waals surface area contributed by atoms with Crippen LogP contribution in [0.4, 0.5) is 0 Å². The van der Waals surface area contributed by atoms with Crippen LogP contribution >= 0.6 is 0 Å². The highest BCUT2D eigenvalue weighted by molar-refractivity contribution is 7.80. The van der Waals surface area contributed by atoms with Crippen molar-refractivity contribution in [2.75, 3.05) is 0 Å². The second kappa shape index (κ2) is 11.6. The Morgan fingerprint density at radius 3 is 2.33 bits per heavy atom. The molecule has 0 fully saturated rings. The minimum absolute atomic E-state index is 0.415. The standard InChI is InChI=1S/C18H31NO4S/c1-3-4-5-6-7-8-9-10-13-18(23-24(20,21)22)16-19-14-11-12-17(2)15-19/h11-12,14-15,18H,3-10,13,16H2,1-2H3/p+1. The Morgan fingerprint density at radius 2 is 1.75 bits per heavy atom. The molecule has 24 heavy (non-hydrogen) atoms. The van der Waals surface area contributed by atoms with Gasteiger partial charge in [-0.15, -0.1) is 0 Å². The van der Waals surface area contributed by atoms with E-state index in [2.05, 4.69) is 6.92 Å². The molecule has 0 saturated carbocycles. The fraction of sp³-hybridized carbons (Fsp3) is 0.722. The van der Waals surface area contributed by atoms with Gasteiger partial charge in [0.05, 0.1) is 0 Å². The van der Waals surface area contributed by atoms with Crippen LogP contribution in [0, 0.1) is 6.92 Å². The van der Waals surface area contributed by atoms with Gasteiger partial charge in [0.25, 0.3) is 0 Å². The topological polar surface area (TPSA) is 67.5 Å². The Labute approximate surface area is 147 Å². The third-order valence-electron chi connectivity index (χ3n) is 4.06. The summed E-state index contributed by atoms with van der Waals surface area (Å²) in [6.07, 6.45) is 13.4. The number of nitrogens with zero attached hydrogens (tertiary/aromatic N) is 1. The Bertz CT molecular complexity index is 560. The SMILES string of the molecule is CCCCCCCCCCC(C[n+]1cccc(C)c1)OS(=O)(=O)O. The summed E-state index contributed by atoms with van der Waals surface area (Å²) in [5, 5.41) is 0. The smallest absolute Gasteiger partial charge is 0.264 e.